The lowest BCUT2D eigenvalue weighted by Gasteiger charge is -2.23. The molecule has 1 aromatic rings. The molecule has 2 N–H and O–H groups in total. The summed E-state index contributed by atoms with van der Waals surface area (Å²) in [5.41, 5.74) is 6.54. The molecular formula is C15H24N2O3. The van der Waals surface area contributed by atoms with Crippen molar-refractivity contribution in [3.8, 4) is 11.5 Å². The van der Waals surface area contributed by atoms with Crippen LogP contribution >= 0.6 is 0 Å². The van der Waals surface area contributed by atoms with Gasteiger partial charge in [0, 0.05) is 26.1 Å². The van der Waals surface area contributed by atoms with Gasteiger partial charge in [-0.05, 0) is 37.1 Å². The van der Waals surface area contributed by atoms with E-state index < -0.39 is 0 Å². The molecule has 0 radical (unpaired) electrons. The number of aryl methyl sites for hydroxylation is 1. The van der Waals surface area contributed by atoms with E-state index in [4.69, 9.17) is 15.2 Å². The Morgan fingerprint density at radius 1 is 1.35 bits per heavy atom. The predicted octanol–water partition coefficient (Wildman–Crippen LogP) is 1.44. The molecule has 112 valence electrons. The Labute approximate surface area is 120 Å². The molecular weight excluding hydrogens is 256 g/mol. The minimum Gasteiger partial charge on any atom is -0.497 e. The summed E-state index contributed by atoms with van der Waals surface area (Å²) in [6.45, 7) is 2.40. The minimum atomic E-state index is 0.0507. The molecule has 0 saturated carbocycles. The average molecular weight is 280 g/mol. The number of carbonyl (C=O) groups excluding carboxylic acids is 1. The van der Waals surface area contributed by atoms with Gasteiger partial charge >= 0.3 is 0 Å². The van der Waals surface area contributed by atoms with Gasteiger partial charge in [-0.1, -0.05) is 0 Å². The van der Waals surface area contributed by atoms with Crippen molar-refractivity contribution in [1.82, 2.24) is 4.90 Å². The van der Waals surface area contributed by atoms with E-state index in [1.54, 1.807) is 26.2 Å². The van der Waals surface area contributed by atoms with Gasteiger partial charge in [-0.3, -0.25) is 4.79 Å². The summed E-state index contributed by atoms with van der Waals surface area (Å²) in [6, 6.07) is 5.64. The maximum atomic E-state index is 12.1. The first kappa shape index (κ1) is 16.3. The molecule has 20 heavy (non-hydrogen) atoms. The fourth-order valence-corrected chi connectivity index (χ4v) is 1.90. The zero-order valence-corrected chi connectivity index (χ0v) is 12.7. The van der Waals surface area contributed by atoms with E-state index in [9.17, 15) is 4.79 Å². The molecule has 5 nitrogen and oxygen atoms in total. The first-order valence-corrected chi connectivity index (χ1v) is 6.70. The number of rotatable bonds is 7. The van der Waals surface area contributed by atoms with Crippen LogP contribution in [-0.2, 0) is 11.2 Å². The fraction of sp³-hybridized carbons (Fsp3) is 0.533. The van der Waals surface area contributed by atoms with Crippen LogP contribution in [0, 0.1) is 0 Å². The number of amides is 1. The highest BCUT2D eigenvalue weighted by Crippen LogP contribution is 2.25. The minimum absolute atomic E-state index is 0.0507. The summed E-state index contributed by atoms with van der Waals surface area (Å²) < 4.78 is 10.5. The summed E-state index contributed by atoms with van der Waals surface area (Å²) in [4.78, 5) is 13.8. The highest BCUT2D eigenvalue weighted by atomic mass is 16.5. The summed E-state index contributed by atoms with van der Waals surface area (Å²) >= 11 is 0. The number of ether oxygens (including phenoxy) is 2. The molecule has 1 aromatic carbocycles. The highest BCUT2D eigenvalue weighted by molar-refractivity contribution is 5.76. The number of hydrogen-bond donors (Lipinski definition) is 1. The van der Waals surface area contributed by atoms with E-state index >= 15 is 0 Å². The molecule has 0 aliphatic heterocycles. The third kappa shape index (κ3) is 4.13. The van der Waals surface area contributed by atoms with Crippen LogP contribution < -0.4 is 15.2 Å². The van der Waals surface area contributed by atoms with Crippen molar-refractivity contribution in [3.63, 3.8) is 0 Å². The molecule has 1 atom stereocenters. The molecule has 0 aromatic heterocycles. The van der Waals surface area contributed by atoms with Crippen LogP contribution in [0.1, 0.15) is 18.9 Å². The Balaban J connectivity index is 2.71. The van der Waals surface area contributed by atoms with Gasteiger partial charge in [0.1, 0.15) is 11.5 Å². The lowest BCUT2D eigenvalue weighted by atomic mass is 10.1. The van der Waals surface area contributed by atoms with E-state index in [0.29, 0.717) is 19.4 Å². The van der Waals surface area contributed by atoms with Gasteiger partial charge < -0.3 is 20.1 Å². The molecule has 0 saturated heterocycles. The van der Waals surface area contributed by atoms with Crippen molar-refractivity contribution < 1.29 is 14.3 Å². The molecule has 1 amide bonds. The second kappa shape index (κ2) is 7.75. The Hall–Kier alpha value is -1.75. The number of likely N-dealkylation sites (N-methyl/N-ethyl adjacent to an activating group) is 1. The number of benzene rings is 1. The predicted molar refractivity (Wildman–Crippen MR) is 79.2 cm³/mol. The molecule has 0 spiro atoms. The summed E-state index contributed by atoms with van der Waals surface area (Å²) in [5.74, 6) is 1.61. The second-order valence-electron chi connectivity index (χ2n) is 4.77. The quantitative estimate of drug-likeness (QED) is 0.821. The van der Waals surface area contributed by atoms with E-state index in [1.807, 2.05) is 25.1 Å². The number of carbonyl (C=O) groups is 1. The van der Waals surface area contributed by atoms with Gasteiger partial charge in [-0.25, -0.2) is 0 Å². The standard InChI is InChI=1S/C15H24N2O3/c1-11(10-16)17(2)15(18)8-5-12-9-13(19-3)6-7-14(12)20-4/h6-7,9,11H,5,8,10,16H2,1-4H3. The molecule has 0 fully saturated rings. The third-order valence-corrected chi connectivity index (χ3v) is 3.49. The van der Waals surface area contributed by atoms with Crippen LogP contribution in [-0.4, -0.2) is 44.7 Å². The van der Waals surface area contributed by atoms with E-state index in [1.165, 1.54) is 0 Å². The van der Waals surface area contributed by atoms with Crippen molar-refractivity contribution in [2.45, 2.75) is 25.8 Å². The summed E-state index contributed by atoms with van der Waals surface area (Å²) in [5, 5.41) is 0. The zero-order chi connectivity index (χ0) is 15.1. The van der Waals surface area contributed by atoms with Crippen LogP contribution in [0.4, 0.5) is 0 Å². The van der Waals surface area contributed by atoms with Crippen LogP contribution in [0.3, 0.4) is 0 Å². The first-order valence-electron chi connectivity index (χ1n) is 6.70. The molecule has 1 rings (SSSR count). The first-order chi connectivity index (χ1) is 9.53. The second-order valence-corrected chi connectivity index (χ2v) is 4.77. The third-order valence-electron chi connectivity index (χ3n) is 3.49. The van der Waals surface area contributed by atoms with Crippen LogP contribution in [0.2, 0.25) is 0 Å². The molecule has 0 aliphatic rings. The molecule has 0 bridgehead atoms. The van der Waals surface area contributed by atoms with Crippen molar-refractivity contribution >= 4 is 5.91 Å². The van der Waals surface area contributed by atoms with Gasteiger partial charge in [-0.2, -0.15) is 0 Å². The van der Waals surface area contributed by atoms with Crippen LogP contribution in [0.15, 0.2) is 18.2 Å². The van der Waals surface area contributed by atoms with E-state index in [2.05, 4.69) is 0 Å². The average Bonchev–Trinajstić information content (AvgIpc) is 2.50. The van der Waals surface area contributed by atoms with Gasteiger partial charge in [0.05, 0.1) is 14.2 Å². The normalized spacial score (nSPS) is 11.8. The Morgan fingerprint density at radius 2 is 2.05 bits per heavy atom. The van der Waals surface area contributed by atoms with Crippen LogP contribution in [0.5, 0.6) is 11.5 Å². The van der Waals surface area contributed by atoms with E-state index in [-0.39, 0.29) is 11.9 Å². The summed E-state index contributed by atoms with van der Waals surface area (Å²) in [6.07, 6.45) is 1.03. The van der Waals surface area contributed by atoms with Gasteiger partial charge in [0.15, 0.2) is 0 Å². The lowest BCUT2D eigenvalue weighted by molar-refractivity contribution is -0.131. The molecule has 0 heterocycles. The van der Waals surface area contributed by atoms with Crippen molar-refractivity contribution in [1.29, 1.82) is 0 Å². The van der Waals surface area contributed by atoms with Crippen molar-refractivity contribution in [2.24, 2.45) is 5.73 Å². The number of hydrogen-bond acceptors (Lipinski definition) is 4. The van der Waals surface area contributed by atoms with Gasteiger partial charge in [0.25, 0.3) is 0 Å². The maximum Gasteiger partial charge on any atom is 0.222 e. The lowest BCUT2D eigenvalue weighted by Crippen LogP contribution is -2.39. The number of nitrogens with zero attached hydrogens (tertiary/aromatic N) is 1. The monoisotopic (exact) mass is 280 g/mol. The topological polar surface area (TPSA) is 64.8 Å². The largest absolute Gasteiger partial charge is 0.497 e. The highest BCUT2D eigenvalue weighted by Gasteiger charge is 2.15. The molecule has 5 heteroatoms. The Kier molecular flexibility index (Phi) is 6.31. The maximum absolute atomic E-state index is 12.1. The molecule has 1 unspecified atom stereocenters. The summed E-state index contributed by atoms with van der Waals surface area (Å²) in [7, 11) is 5.02. The Bertz CT molecular complexity index is 449. The van der Waals surface area contributed by atoms with Crippen molar-refractivity contribution in [3.05, 3.63) is 23.8 Å². The molecule has 0 aliphatic carbocycles. The van der Waals surface area contributed by atoms with Crippen molar-refractivity contribution in [2.75, 3.05) is 27.8 Å². The fourth-order valence-electron chi connectivity index (χ4n) is 1.90. The zero-order valence-electron chi connectivity index (χ0n) is 12.7. The number of nitrogens with two attached hydrogens (primary N) is 1. The van der Waals surface area contributed by atoms with Gasteiger partial charge in [0.2, 0.25) is 5.91 Å². The number of methoxy groups -OCH3 is 2. The van der Waals surface area contributed by atoms with Crippen LogP contribution in [0.25, 0.3) is 0 Å². The Morgan fingerprint density at radius 3 is 2.60 bits per heavy atom. The van der Waals surface area contributed by atoms with Gasteiger partial charge in [-0.15, -0.1) is 0 Å². The smallest absolute Gasteiger partial charge is 0.222 e. The van der Waals surface area contributed by atoms with E-state index in [0.717, 1.165) is 17.1 Å². The SMILES string of the molecule is COc1ccc(OC)c(CCC(=O)N(C)C(C)CN)c1.